The van der Waals surface area contributed by atoms with Crippen molar-refractivity contribution >= 4 is 6.09 Å². The summed E-state index contributed by atoms with van der Waals surface area (Å²) in [4.78, 5) is 13.5. The molecule has 1 saturated heterocycles. The van der Waals surface area contributed by atoms with Gasteiger partial charge < -0.3 is 25.2 Å². The summed E-state index contributed by atoms with van der Waals surface area (Å²) in [5.74, 6) is 0. The molecule has 6 heteroatoms. The highest BCUT2D eigenvalue weighted by atomic mass is 16.6. The number of aliphatic hydroxyl groups excluding tert-OH is 1. The van der Waals surface area contributed by atoms with Crippen LogP contribution < -0.4 is 5.32 Å². The summed E-state index contributed by atoms with van der Waals surface area (Å²) in [6, 6.07) is -0.0390. The van der Waals surface area contributed by atoms with Crippen LogP contribution in [-0.2, 0) is 4.74 Å². The number of amides is 1. The summed E-state index contributed by atoms with van der Waals surface area (Å²) >= 11 is 0. The Morgan fingerprint density at radius 3 is 2.40 bits per heavy atom. The van der Waals surface area contributed by atoms with E-state index in [0.29, 0.717) is 32.5 Å². The van der Waals surface area contributed by atoms with E-state index in [0.717, 1.165) is 0 Å². The fraction of sp³-hybridized carbons (Fsp3) is 0.929. The van der Waals surface area contributed by atoms with Crippen LogP contribution in [0, 0.1) is 0 Å². The molecule has 3 N–H and O–H groups in total. The van der Waals surface area contributed by atoms with E-state index in [-0.39, 0.29) is 18.7 Å². The Hall–Kier alpha value is -0.850. The van der Waals surface area contributed by atoms with E-state index in [1.54, 1.807) is 4.90 Å². The number of hydrogen-bond donors (Lipinski definition) is 3. The van der Waals surface area contributed by atoms with Gasteiger partial charge in [0, 0.05) is 25.7 Å². The van der Waals surface area contributed by atoms with Gasteiger partial charge in [0.1, 0.15) is 5.60 Å². The normalized spacial score (nSPS) is 20.6. The van der Waals surface area contributed by atoms with Crippen LogP contribution in [0.2, 0.25) is 0 Å². The molecule has 0 aliphatic carbocycles. The van der Waals surface area contributed by atoms with Crippen molar-refractivity contribution in [3.8, 4) is 0 Å². The summed E-state index contributed by atoms with van der Waals surface area (Å²) in [6.07, 6.45) is 0.700. The molecule has 1 amide bonds. The molecule has 0 spiro atoms. The van der Waals surface area contributed by atoms with Crippen molar-refractivity contribution in [1.82, 2.24) is 10.2 Å². The molecule has 0 aromatic heterocycles. The maximum absolute atomic E-state index is 11.9. The first-order chi connectivity index (χ1) is 9.15. The average Bonchev–Trinajstić information content (AvgIpc) is 2.34. The molecule has 20 heavy (non-hydrogen) atoms. The van der Waals surface area contributed by atoms with Crippen LogP contribution in [-0.4, -0.2) is 64.7 Å². The van der Waals surface area contributed by atoms with Crippen molar-refractivity contribution in [3.63, 3.8) is 0 Å². The summed E-state index contributed by atoms with van der Waals surface area (Å²) in [5.41, 5.74) is -1.31. The van der Waals surface area contributed by atoms with E-state index in [4.69, 9.17) is 9.84 Å². The highest BCUT2D eigenvalue weighted by Gasteiger charge is 2.35. The Morgan fingerprint density at radius 2 is 1.95 bits per heavy atom. The molecule has 1 aliphatic heterocycles. The average molecular weight is 288 g/mol. The first-order valence-corrected chi connectivity index (χ1v) is 7.20. The monoisotopic (exact) mass is 288 g/mol. The summed E-state index contributed by atoms with van der Waals surface area (Å²) in [6.45, 7) is 8.82. The van der Waals surface area contributed by atoms with Crippen molar-refractivity contribution in [2.75, 3.05) is 26.2 Å². The number of aliphatic hydroxyl groups is 2. The lowest BCUT2D eigenvalue weighted by Gasteiger charge is -2.39. The van der Waals surface area contributed by atoms with E-state index in [9.17, 15) is 9.90 Å². The van der Waals surface area contributed by atoms with Crippen molar-refractivity contribution in [2.45, 2.75) is 57.8 Å². The first kappa shape index (κ1) is 17.2. The molecule has 0 saturated carbocycles. The smallest absolute Gasteiger partial charge is 0.410 e. The third-order valence-electron chi connectivity index (χ3n) is 3.40. The Morgan fingerprint density at radius 1 is 1.40 bits per heavy atom. The van der Waals surface area contributed by atoms with Crippen LogP contribution in [0.4, 0.5) is 4.79 Å². The minimum Gasteiger partial charge on any atom is -0.444 e. The second-order valence-electron chi connectivity index (χ2n) is 6.66. The van der Waals surface area contributed by atoms with E-state index in [1.165, 1.54) is 0 Å². The Bertz CT molecular complexity index is 320. The van der Waals surface area contributed by atoms with Gasteiger partial charge in [0.15, 0.2) is 0 Å². The predicted molar refractivity (Wildman–Crippen MR) is 76.5 cm³/mol. The van der Waals surface area contributed by atoms with Crippen LogP contribution in [0.3, 0.4) is 0 Å². The minimum atomic E-state index is -0.818. The first-order valence-electron chi connectivity index (χ1n) is 7.20. The molecule has 6 nitrogen and oxygen atoms in total. The Labute approximate surface area is 121 Å². The van der Waals surface area contributed by atoms with E-state index < -0.39 is 11.2 Å². The second-order valence-corrected chi connectivity index (χ2v) is 6.66. The SMILES string of the molecule is CC(CO)NCC1(O)CCN(C(=O)OC(C)(C)C)CC1. The highest BCUT2D eigenvalue weighted by Crippen LogP contribution is 2.23. The van der Waals surface area contributed by atoms with Crippen LogP contribution in [0.15, 0.2) is 0 Å². The molecule has 118 valence electrons. The zero-order chi connectivity index (χ0) is 15.4. The van der Waals surface area contributed by atoms with Gasteiger partial charge in [-0.3, -0.25) is 0 Å². The van der Waals surface area contributed by atoms with Gasteiger partial charge in [0.2, 0.25) is 0 Å². The van der Waals surface area contributed by atoms with Crippen LogP contribution >= 0.6 is 0 Å². The number of piperidine rings is 1. The molecule has 1 unspecified atom stereocenters. The molecule has 0 aromatic rings. The number of likely N-dealkylation sites (tertiary alicyclic amines) is 1. The standard InChI is InChI=1S/C14H28N2O4/c1-11(9-17)15-10-14(19)5-7-16(8-6-14)12(18)20-13(2,3)4/h11,15,17,19H,5-10H2,1-4H3. The maximum Gasteiger partial charge on any atom is 0.410 e. The molecule has 1 aliphatic rings. The van der Waals surface area contributed by atoms with Gasteiger partial charge >= 0.3 is 6.09 Å². The molecular formula is C14H28N2O4. The molecule has 1 rings (SSSR count). The van der Waals surface area contributed by atoms with E-state index >= 15 is 0 Å². The van der Waals surface area contributed by atoms with Crippen LogP contribution in [0.1, 0.15) is 40.5 Å². The Balaban J connectivity index is 2.40. The van der Waals surface area contributed by atoms with Crippen LogP contribution in [0.5, 0.6) is 0 Å². The third kappa shape index (κ3) is 5.64. The van der Waals surface area contributed by atoms with Gasteiger partial charge in [-0.2, -0.15) is 0 Å². The largest absolute Gasteiger partial charge is 0.444 e. The minimum absolute atomic E-state index is 0.0390. The summed E-state index contributed by atoms with van der Waals surface area (Å²) < 4.78 is 5.32. The number of carbonyl (C=O) groups excluding carboxylic acids is 1. The van der Waals surface area contributed by atoms with E-state index in [1.807, 2.05) is 27.7 Å². The van der Waals surface area contributed by atoms with Crippen LogP contribution in [0.25, 0.3) is 0 Å². The number of ether oxygens (including phenoxy) is 1. The molecular weight excluding hydrogens is 260 g/mol. The molecule has 0 aromatic carbocycles. The number of rotatable bonds is 4. The van der Waals surface area contributed by atoms with Gasteiger partial charge in [0.25, 0.3) is 0 Å². The molecule has 0 radical (unpaired) electrons. The lowest BCUT2D eigenvalue weighted by molar-refractivity contribution is -0.0325. The predicted octanol–water partition coefficient (Wildman–Crippen LogP) is 0.719. The lowest BCUT2D eigenvalue weighted by Crippen LogP contribution is -2.53. The highest BCUT2D eigenvalue weighted by molar-refractivity contribution is 5.68. The number of hydrogen-bond acceptors (Lipinski definition) is 5. The summed E-state index contributed by atoms with van der Waals surface area (Å²) in [7, 11) is 0. The number of carbonyl (C=O) groups is 1. The van der Waals surface area contributed by atoms with Gasteiger partial charge in [-0.1, -0.05) is 0 Å². The topological polar surface area (TPSA) is 82.0 Å². The van der Waals surface area contributed by atoms with Gasteiger partial charge in [-0.25, -0.2) is 4.79 Å². The molecule has 0 bridgehead atoms. The van der Waals surface area contributed by atoms with Gasteiger partial charge in [-0.15, -0.1) is 0 Å². The van der Waals surface area contributed by atoms with Gasteiger partial charge in [0.05, 0.1) is 12.2 Å². The third-order valence-corrected chi connectivity index (χ3v) is 3.40. The van der Waals surface area contributed by atoms with Crippen molar-refractivity contribution in [2.24, 2.45) is 0 Å². The van der Waals surface area contributed by atoms with Crippen molar-refractivity contribution in [1.29, 1.82) is 0 Å². The Kier molecular flexibility index (Phi) is 5.79. The fourth-order valence-corrected chi connectivity index (χ4v) is 2.04. The summed E-state index contributed by atoms with van der Waals surface area (Å²) in [5, 5.41) is 22.5. The molecule has 1 heterocycles. The van der Waals surface area contributed by atoms with Gasteiger partial charge in [-0.05, 0) is 40.5 Å². The molecule has 1 atom stereocenters. The van der Waals surface area contributed by atoms with Crippen molar-refractivity contribution < 1.29 is 19.7 Å². The number of nitrogens with zero attached hydrogens (tertiary/aromatic N) is 1. The van der Waals surface area contributed by atoms with Crippen molar-refractivity contribution in [3.05, 3.63) is 0 Å². The molecule has 1 fully saturated rings. The zero-order valence-corrected chi connectivity index (χ0v) is 13.0. The zero-order valence-electron chi connectivity index (χ0n) is 13.0. The second kappa shape index (κ2) is 6.74. The quantitative estimate of drug-likeness (QED) is 0.710. The number of nitrogens with one attached hydrogen (secondary N) is 1. The fourth-order valence-electron chi connectivity index (χ4n) is 2.04. The van der Waals surface area contributed by atoms with E-state index in [2.05, 4.69) is 5.32 Å². The lowest BCUT2D eigenvalue weighted by atomic mass is 9.91. The maximum atomic E-state index is 11.9.